The van der Waals surface area contributed by atoms with Gasteiger partial charge in [0.15, 0.2) is 0 Å². The van der Waals surface area contributed by atoms with Crippen LogP contribution in [0.3, 0.4) is 0 Å². The number of fused-ring (bicyclic) bond motifs is 1. The Labute approximate surface area is 167 Å². The van der Waals surface area contributed by atoms with Crippen LogP contribution in [0.2, 0.25) is 0 Å². The highest BCUT2D eigenvalue weighted by Crippen LogP contribution is 2.31. The van der Waals surface area contributed by atoms with Crippen molar-refractivity contribution in [1.29, 1.82) is 0 Å². The van der Waals surface area contributed by atoms with Gasteiger partial charge in [0.25, 0.3) is 5.91 Å². The van der Waals surface area contributed by atoms with Crippen LogP contribution in [-0.4, -0.2) is 38.2 Å². The predicted octanol–water partition coefficient (Wildman–Crippen LogP) is 2.30. The fourth-order valence-corrected chi connectivity index (χ4v) is 4.04. The van der Waals surface area contributed by atoms with E-state index in [-0.39, 0.29) is 18.2 Å². The fraction of sp³-hybridized carbons (Fsp3) is 0.182. The van der Waals surface area contributed by atoms with Gasteiger partial charge < -0.3 is 4.90 Å². The maximum Gasteiger partial charge on any atom is 0.255 e. The molecule has 3 heterocycles. The van der Waals surface area contributed by atoms with Crippen LogP contribution in [-0.2, 0) is 16.1 Å². The van der Waals surface area contributed by atoms with E-state index in [9.17, 15) is 14.4 Å². The molecule has 2 aromatic carbocycles. The largest absolute Gasteiger partial charge is 0.322 e. The predicted molar refractivity (Wildman–Crippen MR) is 105 cm³/mol. The van der Waals surface area contributed by atoms with Crippen molar-refractivity contribution >= 4 is 17.7 Å². The molecule has 1 fully saturated rings. The molecule has 1 N–H and O–H groups in total. The maximum atomic E-state index is 12.9. The highest BCUT2D eigenvalue weighted by atomic mass is 16.2. The van der Waals surface area contributed by atoms with Gasteiger partial charge in [0.1, 0.15) is 6.04 Å². The van der Waals surface area contributed by atoms with Crippen LogP contribution in [0.25, 0.3) is 16.9 Å². The smallest absolute Gasteiger partial charge is 0.255 e. The molecule has 144 valence electrons. The number of hydrogen-bond acceptors (Lipinski definition) is 4. The summed E-state index contributed by atoms with van der Waals surface area (Å²) in [7, 11) is 0. The van der Waals surface area contributed by atoms with E-state index in [0.717, 1.165) is 22.5 Å². The summed E-state index contributed by atoms with van der Waals surface area (Å²) in [6.07, 6.45) is 4.16. The average molecular weight is 386 g/mol. The number of imidazole rings is 1. The van der Waals surface area contributed by atoms with E-state index >= 15 is 0 Å². The van der Waals surface area contributed by atoms with Gasteiger partial charge in [-0.05, 0) is 36.2 Å². The van der Waals surface area contributed by atoms with E-state index < -0.39 is 11.9 Å². The maximum absolute atomic E-state index is 12.9. The molecule has 1 unspecified atom stereocenters. The van der Waals surface area contributed by atoms with Gasteiger partial charge in [0.05, 0.1) is 18.2 Å². The zero-order valence-corrected chi connectivity index (χ0v) is 15.5. The van der Waals surface area contributed by atoms with Crippen molar-refractivity contribution in [3.05, 3.63) is 72.2 Å². The Morgan fingerprint density at radius 2 is 1.86 bits per heavy atom. The lowest BCUT2D eigenvalue weighted by molar-refractivity contribution is -0.136. The Morgan fingerprint density at radius 1 is 1.03 bits per heavy atom. The Balaban J connectivity index is 1.47. The van der Waals surface area contributed by atoms with E-state index in [2.05, 4.69) is 10.3 Å². The number of aromatic nitrogens is 2. The molecule has 7 heteroatoms. The molecular weight excluding hydrogens is 368 g/mol. The van der Waals surface area contributed by atoms with Gasteiger partial charge in [0.2, 0.25) is 11.8 Å². The van der Waals surface area contributed by atoms with E-state index in [4.69, 9.17) is 0 Å². The Kier molecular flexibility index (Phi) is 4.01. The van der Waals surface area contributed by atoms with Gasteiger partial charge in [-0.1, -0.05) is 24.3 Å². The van der Waals surface area contributed by atoms with Crippen LogP contribution < -0.4 is 5.32 Å². The molecule has 5 rings (SSSR count). The SMILES string of the molecule is O=C1CCC(N2Cc3cc(-c4cncn4-c4ccccc4)ccc3C2=O)C(=O)N1. The molecule has 2 aliphatic rings. The third kappa shape index (κ3) is 2.91. The molecule has 0 saturated carbocycles. The van der Waals surface area contributed by atoms with Crippen molar-refractivity contribution < 1.29 is 14.4 Å². The van der Waals surface area contributed by atoms with Crippen LogP contribution in [0.15, 0.2) is 61.1 Å². The van der Waals surface area contributed by atoms with Gasteiger partial charge in [-0.15, -0.1) is 0 Å². The first-order chi connectivity index (χ1) is 14.1. The topological polar surface area (TPSA) is 84.3 Å². The summed E-state index contributed by atoms with van der Waals surface area (Å²) >= 11 is 0. The molecule has 0 spiro atoms. The second kappa shape index (κ2) is 6.70. The molecule has 3 amide bonds. The third-order valence-corrected chi connectivity index (χ3v) is 5.49. The first kappa shape index (κ1) is 17.4. The van der Waals surface area contributed by atoms with Gasteiger partial charge in [0, 0.05) is 29.8 Å². The summed E-state index contributed by atoms with van der Waals surface area (Å²) in [5.74, 6) is -0.853. The van der Waals surface area contributed by atoms with Crippen molar-refractivity contribution in [3.63, 3.8) is 0 Å². The highest BCUT2D eigenvalue weighted by molar-refractivity contribution is 6.05. The number of piperidine rings is 1. The van der Waals surface area contributed by atoms with Gasteiger partial charge >= 0.3 is 0 Å². The van der Waals surface area contributed by atoms with Crippen molar-refractivity contribution in [3.8, 4) is 16.9 Å². The summed E-state index contributed by atoms with van der Waals surface area (Å²) in [6.45, 7) is 0.355. The van der Waals surface area contributed by atoms with Crippen molar-refractivity contribution in [2.24, 2.45) is 0 Å². The van der Waals surface area contributed by atoms with Crippen LogP contribution in [0.4, 0.5) is 0 Å². The summed E-state index contributed by atoms with van der Waals surface area (Å²) in [4.78, 5) is 42.3. The molecule has 0 radical (unpaired) electrons. The molecule has 3 aromatic rings. The number of amides is 3. The number of nitrogens with zero attached hydrogens (tertiary/aromatic N) is 3. The zero-order chi connectivity index (χ0) is 20.0. The van der Waals surface area contributed by atoms with Crippen LogP contribution in [0, 0.1) is 0 Å². The monoisotopic (exact) mass is 386 g/mol. The molecule has 0 aliphatic carbocycles. The molecular formula is C22H18N4O3. The molecule has 0 bridgehead atoms. The van der Waals surface area contributed by atoms with Crippen LogP contribution in [0.1, 0.15) is 28.8 Å². The van der Waals surface area contributed by atoms with E-state index in [1.165, 1.54) is 0 Å². The van der Waals surface area contributed by atoms with Gasteiger partial charge in [-0.25, -0.2) is 4.98 Å². The van der Waals surface area contributed by atoms with Crippen molar-refractivity contribution in [1.82, 2.24) is 19.8 Å². The Bertz CT molecular complexity index is 1140. The number of benzene rings is 2. The molecule has 29 heavy (non-hydrogen) atoms. The molecule has 1 saturated heterocycles. The summed E-state index contributed by atoms with van der Waals surface area (Å²) in [6, 6.07) is 15.0. The lowest BCUT2D eigenvalue weighted by Gasteiger charge is -2.29. The fourth-order valence-electron chi connectivity index (χ4n) is 4.04. The third-order valence-electron chi connectivity index (χ3n) is 5.49. The van der Waals surface area contributed by atoms with Crippen molar-refractivity contribution in [2.45, 2.75) is 25.4 Å². The molecule has 1 aromatic heterocycles. The van der Waals surface area contributed by atoms with Crippen LogP contribution in [0.5, 0.6) is 0 Å². The summed E-state index contributed by atoms with van der Waals surface area (Å²) in [5, 5.41) is 2.33. The molecule has 2 aliphatic heterocycles. The number of imide groups is 1. The van der Waals surface area contributed by atoms with E-state index in [0.29, 0.717) is 18.5 Å². The summed E-state index contributed by atoms with van der Waals surface area (Å²) in [5.41, 5.74) is 4.35. The zero-order valence-electron chi connectivity index (χ0n) is 15.5. The average Bonchev–Trinajstić information content (AvgIpc) is 3.34. The number of carbonyl (C=O) groups is 3. The first-order valence-electron chi connectivity index (χ1n) is 9.47. The quantitative estimate of drug-likeness (QED) is 0.700. The normalized spacial score (nSPS) is 18.7. The number of rotatable bonds is 3. The van der Waals surface area contributed by atoms with E-state index in [1.54, 1.807) is 23.5 Å². The first-order valence-corrected chi connectivity index (χ1v) is 9.47. The Hall–Kier alpha value is -3.74. The Morgan fingerprint density at radius 3 is 2.66 bits per heavy atom. The second-order valence-electron chi connectivity index (χ2n) is 7.26. The number of carbonyl (C=O) groups excluding carboxylic acids is 3. The minimum atomic E-state index is -0.606. The number of nitrogens with one attached hydrogen (secondary N) is 1. The molecule has 1 atom stereocenters. The number of hydrogen-bond donors (Lipinski definition) is 1. The minimum absolute atomic E-state index is 0.169. The van der Waals surface area contributed by atoms with E-state index in [1.807, 2.05) is 47.0 Å². The van der Waals surface area contributed by atoms with Crippen molar-refractivity contribution in [2.75, 3.05) is 0 Å². The minimum Gasteiger partial charge on any atom is -0.322 e. The summed E-state index contributed by atoms with van der Waals surface area (Å²) < 4.78 is 2.00. The van der Waals surface area contributed by atoms with Crippen LogP contribution >= 0.6 is 0 Å². The lowest BCUT2D eigenvalue weighted by atomic mass is 10.0. The lowest BCUT2D eigenvalue weighted by Crippen LogP contribution is -2.52. The van der Waals surface area contributed by atoms with Gasteiger partial charge in [-0.3, -0.25) is 24.3 Å². The number of para-hydroxylation sites is 1. The second-order valence-corrected chi connectivity index (χ2v) is 7.26. The molecule has 7 nitrogen and oxygen atoms in total. The standard InChI is InChI=1S/C22H18N4O3/c27-20-9-8-18(21(28)24-20)25-12-15-10-14(6-7-17(15)22(25)29)19-11-23-13-26(19)16-4-2-1-3-5-16/h1-7,10-11,13,18H,8-9,12H2,(H,24,27,28). The highest BCUT2D eigenvalue weighted by Gasteiger charge is 2.39. The van der Waals surface area contributed by atoms with Gasteiger partial charge in [-0.2, -0.15) is 0 Å².